The van der Waals surface area contributed by atoms with Crippen LogP contribution in [-0.4, -0.2) is 24.8 Å². The van der Waals surface area contributed by atoms with Gasteiger partial charge in [-0.2, -0.15) is 0 Å². The summed E-state index contributed by atoms with van der Waals surface area (Å²) in [6.07, 6.45) is -0.476. The number of anilines is 1. The number of rotatable bonds is 6. The number of hydrogen-bond donors (Lipinski definition) is 2. The van der Waals surface area contributed by atoms with Crippen molar-refractivity contribution in [1.29, 1.82) is 0 Å². The van der Waals surface area contributed by atoms with Gasteiger partial charge in [0.1, 0.15) is 17.2 Å². The van der Waals surface area contributed by atoms with E-state index in [1.54, 1.807) is 20.8 Å². The number of benzene rings is 1. The lowest BCUT2D eigenvalue weighted by Gasteiger charge is -2.24. The Morgan fingerprint density at radius 3 is 2.39 bits per heavy atom. The zero-order valence-electron chi connectivity index (χ0n) is 14.4. The molecule has 0 aromatic heterocycles. The molecule has 4 nitrogen and oxygen atoms in total. The minimum absolute atomic E-state index is 0.0759. The zero-order valence-corrected chi connectivity index (χ0v) is 14.4. The number of hydrogen-bond acceptors (Lipinski definition) is 3. The minimum Gasteiger partial charge on any atom is -0.444 e. The van der Waals surface area contributed by atoms with Gasteiger partial charge in [-0.05, 0) is 44.7 Å². The van der Waals surface area contributed by atoms with Crippen LogP contribution in [0.25, 0.3) is 0 Å². The fourth-order valence-electron chi connectivity index (χ4n) is 1.95. The van der Waals surface area contributed by atoms with Crippen LogP contribution in [0.5, 0.6) is 0 Å². The van der Waals surface area contributed by atoms with E-state index >= 15 is 0 Å². The predicted octanol–water partition coefficient (Wildman–Crippen LogP) is 4.17. The monoisotopic (exact) mass is 328 g/mol. The van der Waals surface area contributed by atoms with Crippen molar-refractivity contribution in [3.05, 3.63) is 29.8 Å². The summed E-state index contributed by atoms with van der Waals surface area (Å²) in [4.78, 5) is 11.7. The van der Waals surface area contributed by atoms with Crippen molar-refractivity contribution < 1.29 is 18.3 Å². The molecule has 0 bridgehead atoms. The Balaban J connectivity index is 2.54. The van der Waals surface area contributed by atoms with Crippen LogP contribution in [0, 0.1) is 23.5 Å². The van der Waals surface area contributed by atoms with Gasteiger partial charge in [0.25, 0.3) is 0 Å². The third-order valence-electron chi connectivity index (χ3n) is 3.34. The smallest absolute Gasteiger partial charge is 0.407 e. The molecule has 1 aromatic carbocycles. The molecule has 0 saturated heterocycles. The summed E-state index contributed by atoms with van der Waals surface area (Å²) < 4.78 is 31.7. The minimum atomic E-state index is -0.632. The molecule has 0 aliphatic rings. The first kappa shape index (κ1) is 19.2. The second kappa shape index (κ2) is 8.13. The average molecular weight is 328 g/mol. The predicted molar refractivity (Wildman–Crippen MR) is 87.4 cm³/mol. The molecule has 0 heterocycles. The number of carbonyl (C=O) groups is 1. The standard InChI is InChI=1S/C17H26F2N2O2/c1-11(2)12(10-21-16(22)23-17(3,4)5)9-20-15-7-6-13(18)8-14(15)19/h6-8,11-12,20H,9-10H2,1-5H3,(H,21,22). The van der Waals surface area contributed by atoms with Crippen molar-refractivity contribution in [3.8, 4) is 0 Å². The molecular weight excluding hydrogens is 302 g/mol. The molecule has 1 amide bonds. The van der Waals surface area contributed by atoms with E-state index in [2.05, 4.69) is 10.6 Å². The molecule has 1 aromatic rings. The van der Waals surface area contributed by atoms with Gasteiger partial charge in [0.05, 0.1) is 5.69 Å². The van der Waals surface area contributed by atoms with Crippen LogP contribution in [-0.2, 0) is 4.74 Å². The first-order valence-corrected chi connectivity index (χ1v) is 7.74. The molecule has 0 aliphatic carbocycles. The first-order valence-electron chi connectivity index (χ1n) is 7.74. The van der Waals surface area contributed by atoms with E-state index in [0.29, 0.717) is 13.1 Å². The van der Waals surface area contributed by atoms with Crippen LogP contribution < -0.4 is 10.6 Å². The van der Waals surface area contributed by atoms with Crippen LogP contribution in [0.4, 0.5) is 19.3 Å². The summed E-state index contributed by atoms with van der Waals surface area (Å²) in [5.41, 5.74) is -0.304. The maximum atomic E-state index is 13.6. The van der Waals surface area contributed by atoms with Gasteiger partial charge in [-0.3, -0.25) is 0 Å². The zero-order chi connectivity index (χ0) is 17.6. The quantitative estimate of drug-likeness (QED) is 0.824. The Labute approximate surface area is 136 Å². The Morgan fingerprint density at radius 2 is 1.87 bits per heavy atom. The summed E-state index contributed by atoms with van der Waals surface area (Å²) in [7, 11) is 0. The van der Waals surface area contributed by atoms with Gasteiger partial charge < -0.3 is 15.4 Å². The highest BCUT2D eigenvalue weighted by molar-refractivity contribution is 5.67. The van der Waals surface area contributed by atoms with E-state index in [9.17, 15) is 13.6 Å². The fraction of sp³-hybridized carbons (Fsp3) is 0.588. The second-order valence-corrected chi connectivity index (χ2v) is 6.89. The van der Waals surface area contributed by atoms with Gasteiger partial charge in [0, 0.05) is 19.2 Å². The Kier molecular flexibility index (Phi) is 6.79. The van der Waals surface area contributed by atoms with Gasteiger partial charge in [-0.1, -0.05) is 13.8 Å². The molecule has 6 heteroatoms. The Morgan fingerprint density at radius 1 is 1.22 bits per heavy atom. The number of amides is 1. The van der Waals surface area contributed by atoms with E-state index in [-0.39, 0.29) is 17.5 Å². The summed E-state index contributed by atoms with van der Waals surface area (Å²) in [6, 6.07) is 3.41. The molecule has 2 N–H and O–H groups in total. The maximum absolute atomic E-state index is 13.6. The van der Waals surface area contributed by atoms with Crippen molar-refractivity contribution in [2.24, 2.45) is 11.8 Å². The van der Waals surface area contributed by atoms with Crippen LogP contribution in [0.1, 0.15) is 34.6 Å². The lowest BCUT2D eigenvalue weighted by atomic mass is 9.95. The number of halogens is 2. The molecule has 23 heavy (non-hydrogen) atoms. The van der Waals surface area contributed by atoms with Crippen LogP contribution in [0.3, 0.4) is 0 Å². The van der Waals surface area contributed by atoms with Gasteiger partial charge in [0.15, 0.2) is 0 Å². The molecule has 0 saturated carbocycles. The molecular formula is C17H26F2N2O2. The van der Waals surface area contributed by atoms with Gasteiger partial charge in [-0.25, -0.2) is 13.6 Å². The normalized spacial score (nSPS) is 12.9. The molecule has 0 spiro atoms. The van der Waals surface area contributed by atoms with Crippen LogP contribution >= 0.6 is 0 Å². The van der Waals surface area contributed by atoms with Gasteiger partial charge in [0.2, 0.25) is 0 Å². The van der Waals surface area contributed by atoms with E-state index in [0.717, 1.165) is 6.07 Å². The van der Waals surface area contributed by atoms with Crippen molar-refractivity contribution >= 4 is 11.8 Å². The van der Waals surface area contributed by atoms with Gasteiger partial charge in [-0.15, -0.1) is 0 Å². The van der Waals surface area contributed by atoms with Gasteiger partial charge >= 0.3 is 6.09 Å². The largest absolute Gasteiger partial charge is 0.444 e. The molecule has 1 rings (SSSR count). The van der Waals surface area contributed by atoms with Crippen molar-refractivity contribution in [1.82, 2.24) is 5.32 Å². The lowest BCUT2D eigenvalue weighted by molar-refractivity contribution is 0.0516. The second-order valence-electron chi connectivity index (χ2n) is 6.89. The first-order chi connectivity index (χ1) is 10.6. The van der Waals surface area contributed by atoms with E-state index in [1.165, 1.54) is 12.1 Å². The fourth-order valence-corrected chi connectivity index (χ4v) is 1.95. The molecule has 1 unspecified atom stereocenters. The molecule has 0 fully saturated rings. The van der Waals surface area contributed by atoms with Crippen LogP contribution in [0.2, 0.25) is 0 Å². The number of ether oxygens (including phenoxy) is 1. The number of nitrogens with one attached hydrogen (secondary N) is 2. The van der Waals surface area contributed by atoms with Crippen LogP contribution in [0.15, 0.2) is 18.2 Å². The maximum Gasteiger partial charge on any atom is 0.407 e. The third-order valence-corrected chi connectivity index (χ3v) is 3.34. The van der Waals surface area contributed by atoms with E-state index in [4.69, 9.17) is 4.74 Å². The highest BCUT2D eigenvalue weighted by Gasteiger charge is 2.19. The SMILES string of the molecule is CC(C)C(CNC(=O)OC(C)(C)C)CNc1ccc(F)cc1F. The highest BCUT2D eigenvalue weighted by Crippen LogP contribution is 2.17. The van der Waals surface area contributed by atoms with Crippen molar-refractivity contribution in [2.45, 2.75) is 40.2 Å². The molecule has 0 aliphatic heterocycles. The number of alkyl carbamates (subject to hydrolysis) is 1. The highest BCUT2D eigenvalue weighted by atomic mass is 19.1. The van der Waals surface area contributed by atoms with Crippen molar-refractivity contribution in [2.75, 3.05) is 18.4 Å². The Bertz CT molecular complexity index is 528. The van der Waals surface area contributed by atoms with Crippen molar-refractivity contribution in [3.63, 3.8) is 0 Å². The molecule has 0 radical (unpaired) electrons. The molecule has 1 atom stereocenters. The van der Waals surface area contributed by atoms with E-state index in [1.807, 2.05) is 13.8 Å². The lowest BCUT2D eigenvalue weighted by Crippen LogP contribution is -2.38. The Hall–Kier alpha value is -1.85. The topological polar surface area (TPSA) is 50.4 Å². The summed E-state index contributed by atoms with van der Waals surface area (Å²) in [5.74, 6) is -0.902. The average Bonchev–Trinajstić information content (AvgIpc) is 2.38. The summed E-state index contributed by atoms with van der Waals surface area (Å²) in [6.45, 7) is 10.3. The molecule has 130 valence electrons. The van der Waals surface area contributed by atoms with E-state index < -0.39 is 23.3 Å². The summed E-state index contributed by atoms with van der Waals surface area (Å²) in [5, 5.41) is 5.69. The third kappa shape index (κ3) is 7.30. The number of carbonyl (C=O) groups excluding carboxylic acids is 1. The summed E-state index contributed by atoms with van der Waals surface area (Å²) >= 11 is 0.